The minimum Gasteiger partial charge on any atom is -0.464 e. The van der Waals surface area contributed by atoms with Crippen LogP contribution < -0.4 is 16.0 Å². The van der Waals surface area contributed by atoms with Gasteiger partial charge in [-0.2, -0.15) is 0 Å². The van der Waals surface area contributed by atoms with Gasteiger partial charge in [-0.05, 0) is 44.9 Å². The van der Waals surface area contributed by atoms with Gasteiger partial charge >= 0.3 is 12.0 Å². The van der Waals surface area contributed by atoms with Crippen LogP contribution in [0.5, 0.6) is 0 Å². The maximum absolute atomic E-state index is 12.4. The van der Waals surface area contributed by atoms with Gasteiger partial charge in [-0.3, -0.25) is 4.79 Å². The van der Waals surface area contributed by atoms with Gasteiger partial charge in [-0.15, -0.1) is 5.10 Å². The highest BCUT2D eigenvalue weighted by Crippen LogP contribution is 2.19. The number of nitrogens with zero attached hydrogens (tertiary/aromatic N) is 3. The van der Waals surface area contributed by atoms with E-state index in [-0.39, 0.29) is 18.6 Å². The molecule has 3 N–H and O–H groups in total. The molecule has 0 radical (unpaired) electrons. The third kappa shape index (κ3) is 5.46. The van der Waals surface area contributed by atoms with Crippen LogP contribution in [0.25, 0.3) is 11.0 Å². The molecule has 1 aromatic heterocycles. The van der Waals surface area contributed by atoms with Crippen LogP contribution in [0.2, 0.25) is 0 Å². The monoisotopic (exact) mass is 416 g/mol. The molecule has 3 rings (SSSR count). The molecule has 1 aromatic carbocycles. The molecule has 10 nitrogen and oxygen atoms in total. The highest BCUT2D eigenvalue weighted by atomic mass is 16.5. The van der Waals surface area contributed by atoms with Crippen LogP contribution in [-0.2, 0) is 16.1 Å². The zero-order valence-corrected chi connectivity index (χ0v) is 17.3. The summed E-state index contributed by atoms with van der Waals surface area (Å²) < 4.78 is 6.50. The summed E-state index contributed by atoms with van der Waals surface area (Å²) >= 11 is 0. The lowest BCUT2D eigenvalue weighted by Gasteiger charge is -2.13. The fraction of sp³-hybridized carbons (Fsp3) is 0.550. The van der Waals surface area contributed by atoms with E-state index in [9.17, 15) is 14.4 Å². The van der Waals surface area contributed by atoms with E-state index in [0.29, 0.717) is 24.2 Å². The second kappa shape index (κ2) is 10.0. The molecule has 1 atom stereocenters. The molecule has 1 aliphatic carbocycles. The standard InChI is InChI=1S/C20H28N6O4/c1-3-30-19(28)13(2)22-20(29)21-10-11-26-17-9-8-14(12-16(17)24-25-26)18(27)23-15-6-4-5-7-15/h8-9,12-13,15H,3-7,10-11H2,1-2H3,(H,23,27)(H2,21,22,29)/t13-/m1/s1. The number of aromatic nitrogens is 3. The van der Waals surface area contributed by atoms with E-state index in [4.69, 9.17) is 4.74 Å². The van der Waals surface area contributed by atoms with E-state index in [1.807, 2.05) is 6.07 Å². The van der Waals surface area contributed by atoms with Crippen LogP contribution >= 0.6 is 0 Å². The van der Waals surface area contributed by atoms with Gasteiger partial charge < -0.3 is 20.7 Å². The molecule has 1 heterocycles. The summed E-state index contributed by atoms with van der Waals surface area (Å²) in [7, 11) is 0. The Kier molecular flexibility index (Phi) is 7.21. The molecule has 3 amide bonds. The van der Waals surface area contributed by atoms with Crippen molar-refractivity contribution in [1.82, 2.24) is 30.9 Å². The first kappa shape index (κ1) is 21.5. The Bertz CT molecular complexity index is 906. The van der Waals surface area contributed by atoms with Gasteiger partial charge in [0.05, 0.1) is 18.7 Å². The number of carbonyl (C=O) groups is 3. The number of carbonyl (C=O) groups excluding carboxylic acids is 3. The maximum atomic E-state index is 12.4. The molecule has 0 saturated heterocycles. The predicted molar refractivity (Wildman–Crippen MR) is 110 cm³/mol. The SMILES string of the molecule is CCOC(=O)[C@@H](C)NC(=O)NCCn1nnc2cc(C(=O)NC3CCCC3)ccc21. The predicted octanol–water partition coefficient (Wildman–Crippen LogP) is 1.35. The highest BCUT2D eigenvalue weighted by Gasteiger charge is 2.19. The van der Waals surface area contributed by atoms with Crippen molar-refractivity contribution in [2.45, 2.75) is 58.2 Å². The van der Waals surface area contributed by atoms with E-state index < -0.39 is 18.0 Å². The van der Waals surface area contributed by atoms with Crippen LogP contribution in [0, 0.1) is 0 Å². The Labute approximate surface area is 174 Å². The number of urea groups is 1. The van der Waals surface area contributed by atoms with E-state index >= 15 is 0 Å². The molecular weight excluding hydrogens is 388 g/mol. The minimum atomic E-state index is -0.731. The molecular formula is C20H28N6O4. The molecule has 2 aromatic rings. The number of fused-ring (bicyclic) bond motifs is 1. The highest BCUT2D eigenvalue weighted by molar-refractivity contribution is 5.97. The lowest BCUT2D eigenvalue weighted by Crippen LogP contribution is -2.45. The number of ether oxygens (including phenoxy) is 1. The average Bonchev–Trinajstić information content (AvgIpc) is 3.37. The smallest absolute Gasteiger partial charge is 0.328 e. The van der Waals surface area contributed by atoms with Crippen molar-refractivity contribution in [1.29, 1.82) is 0 Å². The number of hydrogen-bond acceptors (Lipinski definition) is 6. The topological polar surface area (TPSA) is 127 Å². The molecule has 0 bridgehead atoms. The molecule has 0 unspecified atom stereocenters. The third-order valence-corrected chi connectivity index (χ3v) is 5.06. The Morgan fingerprint density at radius 2 is 2.03 bits per heavy atom. The first-order chi connectivity index (χ1) is 14.5. The second-order valence-corrected chi connectivity index (χ2v) is 7.34. The normalized spacial score (nSPS) is 15.0. The maximum Gasteiger partial charge on any atom is 0.328 e. The summed E-state index contributed by atoms with van der Waals surface area (Å²) in [5.74, 6) is -0.574. The van der Waals surface area contributed by atoms with Gasteiger partial charge in [0, 0.05) is 18.2 Å². The Morgan fingerprint density at radius 3 is 2.77 bits per heavy atom. The minimum absolute atomic E-state index is 0.0904. The number of benzene rings is 1. The van der Waals surface area contributed by atoms with Gasteiger partial charge in [0.15, 0.2) is 0 Å². The number of nitrogens with one attached hydrogen (secondary N) is 3. The largest absolute Gasteiger partial charge is 0.464 e. The molecule has 10 heteroatoms. The molecule has 0 spiro atoms. The van der Waals surface area contributed by atoms with Crippen molar-refractivity contribution in [3.63, 3.8) is 0 Å². The molecule has 0 aliphatic heterocycles. The lowest BCUT2D eigenvalue weighted by atomic mass is 10.1. The van der Waals surface area contributed by atoms with Crippen LogP contribution in [0.4, 0.5) is 4.79 Å². The Balaban J connectivity index is 1.51. The van der Waals surface area contributed by atoms with Crippen LogP contribution in [0.3, 0.4) is 0 Å². The van der Waals surface area contributed by atoms with Gasteiger partial charge in [0.25, 0.3) is 5.91 Å². The van der Waals surface area contributed by atoms with Crippen molar-refractivity contribution in [3.05, 3.63) is 23.8 Å². The van der Waals surface area contributed by atoms with E-state index in [1.54, 1.807) is 30.7 Å². The molecule has 162 valence electrons. The molecule has 1 aliphatic rings. The summed E-state index contributed by atoms with van der Waals surface area (Å²) in [6.07, 6.45) is 4.38. The summed E-state index contributed by atoms with van der Waals surface area (Å²) in [5, 5.41) is 16.5. The van der Waals surface area contributed by atoms with Gasteiger partial charge in [-0.1, -0.05) is 18.1 Å². The zero-order chi connectivity index (χ0) is 21.5. The summed E-state index contributed by atoms with van der Waals surface area (Å²) in [5.41, 5.74) is 1.95. The Morgan fingerprint density at radius 1 is 1.27 bits per heavy atom. The number of hydrogen-bond donors (Lipinski definition) is 3. The number of amides is 3. The fourth-order valence-electron chi connectivity index (χ4n) is 3.47. The fourth-order valence-corrected chi connectivity index (χ4v) is 3.47. The average molecular weight is 416 g/mol. The van der Waals surface area contributed by atoms with Gasteiger partial charge in [-0.25, -0.2) is 14.3 Å². The van der Waals surface area contributed by atoms with Crippen molar-refractivity contribution in [2.24, 2.45) is 0 Å². The number of rotatable bonds is 8. The molecule has 1 fully saturated rings. The lowest BCUT2D eigenvalue weighted by molar-refractivity contribution is -0.144. The van der Waals surface area contributed by atoms with Crippen LogP contribution in [0.15, 0.2) is 18.2 Å². The number of esters is 1. The first-order valence-corrected chi connectivity index (χ1v) is 10.3. The summed E-state index contributed by atoms with van der Waals surface area (Å²) in [6, 6.07) is 4.35. The third-order valence-electron chi connectivity index (χ3n) is 5.06. The van der Waals surface area contributed by atoms with Gasteiger partial charge in [0.2, 0.25) is 0 Å². The van der Waals surface area contributed by atoms with Crippen molar-refractivity contribution < 1.29 is 19.1 Å². The van der Waals surface area contributed by atoms with Crippen molar-refractivity contribution in [3.8, 4) is 0 Å². The molecule has 1 saturated carbocycles. The van der Waals surface area contributed by atoms with Crippen LogP contribution in [-0.4, -0.2) is 58.1 Å². The first-order valence-electron chi connectivity index (χ1n) is 10.3. The van der Waals surface area contributed by atoms with E-state index in [2.05, 4.69) is 26.3 Å². The van der Waals surface area contributed by atoms with Gasteiger partial charge in [0.1, 0.15) is 11.6 Å². The Hall–Kier alpha value is -3.17. The van der Waals surface area contributed by atoms with Crippen molar-refractivity contribution in [2.75, 3.05) is 13.2 Å². The van der Waals surface area contributed by atoms with Crippen molar-refractivity contribution >= 4 is 28.9 Å². The van der Waals surface area contributed by atoms with E-state index in [0.717, 1.165) is 31.2 Å². The summed E-state index contributed by atoms with van der Waals surface area (Å²) in [6.45, 7) is 4.21. The van der Waals surface area contributed by atoms with E-state index in [1.165, 1.54) is 0 Å². The zero-order valence-electron chi connectivity index (χ0n) is 17.3. The summed E-state index contributed by atoms with van der Waals surface area (Å²) in [4.78, 5) is 35.9. The van der Waals surface area contributed by atoms with Crippen LogP contribution in [0.1, 0.15) is 49.9 Å². The molecule has 30 heavy (non-hydrogen) atoms. The second-order valence-electron chi connectivity index (χ2n) is 7.34. The quantitative estimate of drug-likeness (QED) is 0.558.